The summed E-state index contributed by atoms with van der Waals surface area (Å²) in [5, 5.41) is 10.8. The summed E-state index contributed by atoms with van der Waals surface area (Å²) in [5.74, 6) is 0.550. The van der Waals surface area contributed by atoms with E-state index in [1.807, 2.05) is 4.90 Å². The lowest BCUT2D eigenvalue weighted by Crippen LogP contribution is -2.34. The third-order valence-corrected chi connectivity index (χ3v) is 3.84. The largest absolute Gasteiger partial charge is 0.336 e. The maximum absolute atomic E-state index is 12.6. The third kappa shape index (κ3) is 3.80. The molecule has 114 valence electrons. The lowest BCUT2D eigenvalue weighted by atomic mass is 10.1. The van der Waals surface area contributed by atoms with Crippen molar-refractivity contribution in [1.29, 1.82) is 0 Å². The maximum Gasteiger partial charge on any atom is 0.272 e. The minimum Gasteiger partial charge on any atom is -0.336 e. The molecule has 1 saturated carbocycles. The fourth-order valence-electron chi connectivity index (χ4n) is 2.39. The van der Waals surface area contributed by atoms with Crippen LogP contribution in [0.1, 0.15) is 49.0 Å². The Morgan fingerprint density at radius 3 is 2.57 bits per heavy atom. The number of hydrogen-bond donors (Lipinski definition) is 0. The first-order valence-electron chi connectivity index (χ1n) is 7.46. The fourth-order valence-corrected chi connectivity index (χ4v) is 2.39. The van der Waals surface area contributed by atoms with E-state index >= 15 is 0 Å². The smallest absolute Gasteiger partial charge is 0.272 e. The van der Waals surface area contributed by atoms with Gasteiger partial charge in [-0.25, -0.2) is 0 Å². The zero-order valence-corrected chi connectivity index (χ0v) is 12.8. The SMILES string of the molecule is Cc1cc(C(=O)N(CCC(C)C)C2CC2)ccc1[N+](=O)[O-]. The number of nitro groups is 1. The molecule has 0 saturated heterocycles. The Morgan fingerprint density at radius 1 is 1.43 bits per heavy atom. The van der Waals surface area contributed by atoms with Crippen LogP contribution in [-0.2, 0) is 0 Å². The number of amides is 1. The van der Waals surface area contributed by atoms with Crippen LogP contribution in [0, 0.1) is 23.0 Å². The third-order valence-electron chi connectivity index (χ3n) is 3.84. The van der Waals surface area contributed by atoms with Gasteiger partial charge in [0.15, 0.2) is 0 Å². The second kappa shape index (κ2) is 6.24. The van der Waals surface area contributed by atoms with Gasteiger partial charge < -0.3 is 4.90 Å². The summed E-state index contributed by atoms with van der Waals surface area (Å²) in [7, 11) is 0. The molecule has 0 spiro atoms. The number of carbonyl (C=O) groups is 1. The first-order valence-corrected chi connectivity index (χ1v) is 7.46. The van der Waals surface area contributed by atoms with Gasteiger partial charge in [0.1, 0.15) is 0 Å². The maximum atomic E-state index is 12.6. The van der Waals surface area contributed by atoms with E-state index in [0.717, 1.165) is 25.8 Å². The molecule has 1 aliphatic rings. The number of carbonyl (C=O) groups excluding carboxylic acids is 1. The molecule has 5 nitrogen and oxygen atoms in total. The molecule has 0 aliphatic heterocycles. The summed E-state index contributed by atoms with van der Waals surface area (Å²) < 4.78 is 0. The first kappa shape index (κ1) is 15.5. The average molecular weight is 290 g/mol. The van der Waals surface area contributed by atoms with E-state index in [9.17, 15) is 14.9 Å². The normalized spacial score (nSPS) is 14.3. The highest BCUT2D eigenvalue weighted by atomic mass is 16.6. The molecule has 2 rings (SSSR count). The van der Waals surface area contributed by atoms with Crippen LogP contribution in [0.4, 0.5) is 5.69 Å². The molecule has 0 aromatic heterocycles. The number of nitrogens with zero attached hydrogens (tertiary/aromatic N) is 2. The molecule has 1 amide bonds. The summed E-state index contributed by atoms with van der Waals surface area (Å²) in [4.78, 5) is 25.0. The highest BCUT2D eigenvalue weighted by Crippen LogP contribution is 2.29. The zero-order chi connectivity index (χ0) is 15.6. The van der Waals surface area contributed by atoms with Crippen molar-refractivity contribution >= 4 is 11.6 Å². The minimum absolute atomic E-state index is 0.00357. The van der Waals surface area contributed by atoms with Crippen LogP contribution < -0.4 is 0 Å². The van der Waals surface area contributed by atoms with E-state index in [2.05, 4.69) is 13.8 Å². The summed E-state index contributed by atoms with van der Waals surface area (Å²) in [6.07, 6.45) is 3.11. The Hall–Kier alpha value is -1.91. The quantitative estimate of drug-likeness (QED) is 0.594. The molecule has 1 aromatic carbocycles. The molecular formula is C16H22N2O3. The van der Waals surface area contributed by atoms with Gasteiger partial charge in [-0.05, 0) is 44.2 Å². The van der Waals surface area contributed by atoms with Gasteiger partial charge in [0.2, 0.25) is 0 Å². The van der Waals surface area contributed by atoms with Gasteiger partial charge in [-0.15, -0.1) is 0 Å². The number of rotatable bonds is 6. The van der Waals surface area contributed by atoms with E-state index in [-0.39, 0.29) is 11.6 Å². The van der Waals surface area contributed by atoms with Gasteiger partial charge in [-0.3, -0.25) is 14.9 Å². The van der Waals surface area contributed by atoms with Crippen molar-refractivity contribution < 1.29 is 9.72 Å². The predicted octanol–water partition coefficient (Wildman–Crippen LogP) is 3.55. The molecule has 0 atom stereocenters. The molecule has 1 aromatic rings. The van der Waals surface area contributed by atoms with Crippen LogP contribution in [0.2, 0.25) is 0 Å². The van der Waals surface area contributed by atoms with Crippen LogP contribution in [0.25, 0.3) is 0 Å². The van der Waals surface area contributed by atoms with Gasteiger partial charge in [-0.2, -0.15) is 0 Å². The first-order chi connectivity index (χ1) is 9.90. The van der Waals surface area contributed by atoms with Gasteiger partial charge in [-0.1, -0.05) is 13.8 Å². The Morgan fingerprint density at radius 2 is 2.10 bits per heavy atom. The van der Waals surface area contributed by atoms with Crippen molar-refractivity contribution in [1.82, 2.24) is 4.90 Å². The van der Waals surface area contributed by atoms with Crippen LogP contribution in [-0.4, -0.2) is 28.3 Å². The van der Waals surface area contributed by atoms with Gasteiger partial charge in [0, 0.05) is 29.8 Å². The summed E-state index contributed by atoms with van der Waals surface area (Å²) in [6, 6.07) is 4.98. The number of benzene rings is 1. The molecule has 0 bridgehead atoms. The Labute approximate surface area is 125 Å². The summed E-state index contributed by atoms with van der Waals surface area (Å²) in [5.41, 5.74) is 1.14. The molecule has 21 heavy (non-hydrogen) atoms. The van der Waals surface area contributed by atoms with Crippen molar-refractivity contribution in [3.8, 4) is 0 Å². The topological polar surface area (TPSA) is 63.5 Å². The van der Waals surface area contributed by atoms with E-state index in [4.69, 9.17) is 0 Å². The molecule has 0 heterocycles. The molecule has 1 fully saturated rings. The summed E-state index contributed by atoms with van der Waals surface area (Å²) >= 11 is 0. The van der Waals surface area contributed by atoms with Crippen molar-refractivity contribution in [2.24, 2.45) is 5.92 Å². The van der Waals surface area contributed by atoms with E-state index in [0.29, 0.717) is 23.1 Å². The molecular weight excluding hydrogens is 268 g/mol. The van der Waals surface area contributed by atoms with Crippen molar-refractivity contribution in [3.63, 3.8) is 0 Å². The molecule has 1 aliphatic carbocycles. The lowest BCUT2D eigenvalue weighted by Gasteiger charge is -2.23. The van der Waals surface area contributed by atoms with Crippen LogP contribution in [0.5, 0.6) is 0 Å². The minimum atomic E-state index is -0.416. The fraction of sp³-hybridized carbons (Fsp3) is 0.562. The van der Waals surface area contributed by atoms with E-state index in [1.54, 1.807) is 19.1 Å². The number of nitro benzene ring substituents is 1. The highest BCUT2D eigenvalue weighted by molar-refractivity contribution is 5.95. The van der Waals surface area contributed by atoms with Crippen molar-refractivity contribution in [2.45, 2.75) is 46.1 Å². The Kier molecular flexibility index (Phi) is 4.60. The van der Waals surface area contributed by atoms with Crippen LogP contribution in [0.15, 0.2) is 18.2 Å². The average Bonchev–Trinajstić information content (AvgIpc) is 3.22. The van der Waals surface area contributed by atoms with Crippen LogP contribution >= 0.6 is 0 Å². The predicted molar refractivity (Wildman–Crippen MR) is 81.3 cm³/mol. The van der Waals surface area contributed by atoms with E-state index in [1.165, 1.54) is 6.07 Å². The van der Waals surface area contributed by atoms with Gasteiger partial charge in [0.05, 0.1) is 4.92 Å². The van der Waals surface area contributed by atoms with E-state index < -0.39 is 4.92 Å². The van der Waals surface area contributed by atoms with Crippen LogP contribution in [0.3, 0.4) is 0 Å². The number of aryl methyl sites for hydroxylation is 1. The molecule has 0 unspecified atom stereocenters. The zero-order valence-electron chi connectivity index (χ0n) is 12.8. The highest BCUT2D eigenvalue weighted by Gasteiger charge is 2.33. The Balaban J connectivity index is 2.16. The second-order valence-electron chi connectivity index (χ2n) is 6.17. The number of hydrogen-bond acceptors (Lipinski definition) is 3. The second-order valence-corrected chi connectivity index (χ2v) is 6.17. The molecule has 0 radical (unpaired) electrons. The van der Waals surface area contributed by atoms with Crippen molar-refractivity contribution in [3.05, 3.63) is 39.4 Å². The molecule has 0 N–H and O–H groups in total. The molecule has 5 heteroatoms. The summed E-state index contributed by atoms with van der Waals surface area (Å²) in [6.45, 7) is 6.72. The van der Waals surface area contributed by atoms with Gasteiger partial charge >= 0.3 is 0 Å². The Bertz CT molecular complexity index is 550. The lowest BCUT2D eigenvalue weighted by molar-refractivity contribution is -0.385. The van der Waals surface area contributed by atoms with Gasteiger partial charge in [0.25, 0.3) is 11.6 Å². The monoisotopic (exact) mass is 290 g/mol. The van der Waals surface area contributed by atoms with Crippen molar-refractivity contribution in [2.75, 3.05) is 6.54 Å². The standard InChI is InChI=1S/C16H22N2O3/c1-11(2)8-9-17(14-5-6-14)16(19)13-4-7-15(18(20)21)12(3)10-13/h4,7,10-11,14H,5-6,8-9H2,1-3H3.